The molecule has 0 aromatic heterocycles. The van der Waals surface area contributed by atoms with Crippen molar-refractivity contribution in [1.29, 1.82) is 0 Å². The number of carbonyl (C=O) groups is 1. The average molecular weight is 934 g/mol. The van der Waals surface area contributed by atoms with Gasteiger partial charge in [-0.15, -0.1) is 0 Å². The van der Waals surface area contributed by atoms with Gasteiger partial charge in [-0.1, -0.05) is 203 Å². The number of nitrogens with zero attached hydrogens (tertiary/aromatic N) is 1. The van der Waals surface area contributed by atoms with Crippen molar-refractivity contribution in [3.05, 3.63) is 60.8 Å². The fourth-order valence-corrected chi connectivity index (χ4v) is 8.08. The number of hydrogen-bond donors (Lipinski definition) is 0. The van der Waals surface area contributed by atoms with E-state index in [2.05, 4.69) is 74.6 Å². The van der Waals surface area contributed by atoms with Crippen molar-refractivity contribution in [3.63, 3.8) is 0 Å². The standard InChI is InChI=1S/C56H104NO7P/c1-6-8-10-12-14-16-18-20-22-24-25-26-27-28-29-30-31-32-34-36-38-40-42-44-46-48-51-61-53-55(54-63-65(59,60)62-52-50-57(3,4)5)64-56(58)49-47-45-43-41-39-37-35-33-23-21-19-17-15-13-11-9-7-2/h15,17-18,20-21,23-25,27-28,55H,6-14,16,19,22,26,29-54H2,1-5H3/b17-15-,20-18-,23-21-,25-24-,28-27-. The smallest absolute Gasteiger partial charge is 0.306 e. The summed E-state index contributed by atoms with van der Waals surface area (Å²) in [4.78, 5) is 25.2. The lowest BCUT2D eigenvalue weighted by Gasteiger charge is -2.28. The van der Waals surface area contributed by atoms with Crippen LogP contribution in [0.5, 0.6) is 0 Å². The minimum Gasteiger partial charge on any atom is -0.756 e. The molecule has 2 unspecified atom stereocenters. The van der Waals surface area contributed by atoms with Gasteiger partial charge in [-0.25, -0.2) is 0 Å². The monoisotopic (exact) mass is 934 g/mol. The SMILES string of the molecule is CCCCC/C=C\C/C=C\CCCCCCCCCC(=O)OC(COCCCCCCCCCCCCC/C=C\C/C=C\C/C=C\CCCCCCC)COP(=O)([O-])OCC[N+](C)(C)C. The summed E-state index contributed by atoms with van der Waals surface area (Å²) in [5, 5.41) is 0. The van der Waals surface area contributed by atoms with E-state index in [0.717, 1.165) is 57.8 Å². The van der Waals surface area contributed by atoms with Gasteiger partial charge in [-0.2, -0.15) is 0 Å². The van der Waals surface area contributed by atoms with E-state index in [1.165, 1.54) is 154 Å². The van der Waals surface area contributed by atoms with Crippen molar-refractivity contribution in [3.8, 4) is 0 Å². The zero-order valence-electron chi connectivity index (χ0n) is 43.2. The Bertz CT molecular complexity index is 1220. The van der Waals surface area contributed by atoms with Gasteiger partial charge in [0.25, 0.3) is 7.82 Å². The molecule has 0 bridgehead atoms. The fraction of sp³-hybridized carbons (Fsp3) is 0.804. The molecule has 0 aliphatic heterocycles. The molecule has 2 atom stereocenters. The lowest BCUT2D eigenvalue weighted by Crippen LogP contribution is -2.37. The Labute approximate surface area is 402 Å². The molecule has 0 amide bonds. The van der Waals surface area contributed by atoms with E-state index < -0.39 is 13.9 Å². The van der Waals surface area contributed by atoms with Gasteiger partial charge in [0, 0.05) is 13.0 Å². The summed E-state index contributed by atoms with van der Waals surface area (Å²) in [5.74, 6) is -0.343. The van der Waals surface area contributed by atoms with Crippen LogP contribution >= 0.6 is 7.82 Å². The number of unbranched alkanes of at least 4 members (excludes halogenated alkanes) is 26. The Hall–Kier alpha value is -1.80. The number of phosphoric ester groups is 1. The summed E-state index contributed by atoms with van der Waals surface area (Å²) in [6.07, 6.45) is 62.5. The third-order valence-electron chi connectivity index (χ3n) is 11.5. The van der Waals surface area contributed by atoms with Crippen LogP contribution in [0, 0.1) is 0 Å². The van der Waals surface area contributed by atoms with Crippen LogP contribution in [-0.2, 0) is 27.9 Å². The van der Waals surface area contributed by atoms with Crippen molar-refractivity contribution >= 4 is 13.8 Å². The molecule has 65 heavy (non-hydrogen) atoms. The lowest BCUT2D eigenvalue weighted by molar-refractivity contribution is -0.870. The number of likely N-dealkylation sites (N-methyl/N-ethyl adjacent to an activating group) is 1. The van der Waals surface area contributed by atoms with Crippen molar-refractivity contribution in [2.75, 3.05) is 54.1 Å². The number of rotatable bonds is 50. The number of ether oxygens (including phenoxy) is 2. The molecular formula is C56H104NO7P. The molecule has 0 fully saturated rings. The zero-order valence-corrected chi connectivity index (χ0v) is 44.1. The predicted molar refractivity (Wildman–Crippen MR) is 277 cm³/mol. The highest BCUT2D eigenvalue weighted by Gasteiger charge is 2.20. The molecule has 0 aliphatic carbocycles. The predicted octanol–water partition coefficient (Wildman–Crippen LogP) is 16.2. The van der Waals surface area contributed by atoms with Crippen molar-refractivity contribution in [2.45, 2.75) is 238 Å². The third kappa shape index (κ3) is 53.0. The van der Waals surface area contributed by atoms with Crippen LogP contribution in [0.1, 0.15) is 232 Å². The van der Waals surface area contributed by atoms with Crippen LogP contribution in [-0.4, -0.2) is 70.7 Å². The molecule has 0 spiro atoms. The van der Waals surface area contributed by atoms with Gasteiger partial charge < -0.3 is 27.9 Å². The van der Waals surface area contributed by atoms with Gasteiger partial charge in [0.1, 0.15) is 19.3 Å². The minimum absolute atomic E-state index is 0.0221. The number of hydrogen-bond acceptors (Lipinski definition) is 7. The Balaban J connectivity index is 4.10. The second kappa shape index (κ2) is 48.6. The van der Waals surface area contributed by atoms with Gasteiger partial charge in [0.05, 0.1) is 34.4 Å². The summed E-state index contributed by atoms with van der Waals surface area (Å²) < 4.78 is 34.8. The first-order valence-corrected chi connectivity index (χ1v) is 28.5. The summed E-state index contributed by atoms with van der Waals surface area (Å²) >= 11 is 0. The molecule has 0 aromatic rings. The first-order valence-electron chi connectivity index (χ1n) is 27.0. The lowest BCUT2D eigenvalue weighted by atomic mass is 10.1. The molecule has 0 rings (SSSR count). The number of quaternary nitrogens is 1. The zero-order chi connectivity index (χ0) is 47.6. The Morgan fingerprint density at radius 1 is 0.477 bits per heavy atom. The number of allylic oxidation sites excluding steroid dienone is 10. The molecule has 9 heteroatoms. The van der Waals surface area contributed by atoms with E-state index in [4.69, 9.17) is 18.5 Å². The van der Waals surface area contributed by atoms with E-state index in [1.54, 1.807) is 0 Å². The quantitative estimate of drug-likeness (QED) is 0.0197. The normalized spacial score (nSPS) is 14.0. The molecule has 8 nitrogen and oxygen atoms in total. The number of phosphoric acid groups is 1. The summed E-state index contributed by atoms with van der Waals surface area (Å²) in [5.41, 5.74) is 0. The van der Waals surface area contributed by atoms with Gasteiger partial charge >= 0.3 is 5.97 Å². The largest absolute Gasteiger partial charge is 0.756 e. The summed E-state index contributed by atoms with van der Waals surface area (Å²) in [6, 6.07) is 0. The molecular weight excluding hydrogens is 830 g/mol. The van der Waals surface area contributed by atoms with Crippen LogP contribution in [0.25, 0.3) is 0 Å². The summed E-state index contributed by atoms with van der Waals surface area (Å²) in [6.45, 7) is 5.37. The molecule has 0 radical (unpaired) electrons. The van der Waals surface area contributed by atoms with Crippen molar-refractivity contribution in [1.82, 2.24) is 0 Å². The average Bonchev–Trinajstić information content (AvgIpc) is 3.27. The van der Waals surface area contributed by atoms with Gasteiger partial charge in [-0.05, 0) is 83.5 Å². The topological polar surface area (TPSA) is 94.1 Å². The molecule has 0 aliphatic rings. The van der Waals surface area contributed by atoms with Crippen LogP contribution in [0.2, 0.25) is 0 Å². The van der Waals surface area contributed by atoms with Crippen LogP contribution in [0.3, 0.4) is 0 Å². The fourth-order valence-electron chi connectivity index (χ4n) is 7.35. The summed E-state index contributed by atoms with van der Waals surface area (Å²) in [7, 11) is 1.35. The molecule has 0 aromatic carbocycles. The number of esters is 1. The molecule has 0 saturated heterocycles. The van der Waals surface area contributed by atoms with E-state index in [1.807, 2.05) is 21.1 Å². The maximum Gasteiger partial charge on any atom is 0.306 e. The van der Waals surface area contributed by atoms with Crippen LogP contribution < -0.4 is 4.89 Å². The highest BCUT2D eigenvalue weighted by Crippen LogP contribution is 2.38. The second-order valence-electron chi connectivity index (χ2n) is 19.2. The minimum atomic E-state index is -4.54. The highest BCUT2D eigenvalue weighted by molar-refractivity contribution is 7.45. The van der Waals surface area contributed by atoms with Crippen molar-refractivity contribution < 1.29 is 37.3 Å². The van der Waals surface area contributed by atoms with E-state index in [9.17, 15) is 14.3 Å². The first kappa shape index (κ1) is 63.2. The maximum absolute atomic E-state index is 12.7. The van der Waals surface area contributed by atoms with Gasteiger partial charge in [0.2, 0.25) is 0 Å². The number of carbonyl (C=O) groups excluding carboxylic acids is 1. The van der Waals surface area contributed by atoms with E-state index in [0.29, 0.717) is 24.1 Å². The first-order chi connectivity index (χ1) is 31.6. The van der Waals surface area contributed by atoms with Crippen LogP contribution in [0.15, 0.2) is 60.8 Å². The van der Waals surface area contributed by atoms with Gasteiger partial charge in [-0.3, -0.25) is 9.36 Å². The highest BCUT2D eigenvalue weighted by atomic mass is 31.2. The second-order valence-corrected chi connectivity index (χ2v) is 20.6. The Morgan fingerprint density at radius 2 is 0.846 bits per heavy atom. The molecule has 0 saturated carbocycles. The van der Waals surface area contributed by atoms with Gasteiger partial charge in [0.15, 0.2) is 0 Å². The van der Waals surface area contributed by atoms with E-state index in [-0.39, 0.29) is 25.8 Å². The van der Waals surface area contributed by atoms with Crippen LogP contribution in [0.4, 0.5) is 0 Å². The van der Waals surface area contributed by atoms with E-state index >= 15 is 0 Å². The molecule has 380 valence electrons. The molecule has 0 N–H and O–H groups in total. The van der Waals surface area contributed by atoms with Crippen molar-refractivity contribution in [2.24, 2.45) is 0 Å². The third-order valence-corrected chi connectivity index (χ3v) is 12.5. The Kier molecular flexibility index (Phi) is 47.3. The Morgan fingerprint density at radius 3 is 1.29 bits per heavy atom. The maximum atomic E-state index is 12.7. The molecule has 0 heterocycles.